The monoisotopic (exact) mass is 154 g/mol. The van der Waals surface area contributed by atoms with Crippen molar-refractivity contribution in [2.45, 2.75) is 20.3 Å². The minimum absolute atomic E-state index is 0.0724. The average molecular weight is 154 g/mol. The Morgan fingerprint density at radius 3 is 2.82 bits per heavy atom. The van der Waals surface area contributed by atoms with Crippen molar-refractivity contribution in [2.75, 3.05) is 0 Å². The van der Waals surface area contributed by atoms with Crippen LogP contribution >= 0.6 is 0 Å². The minimum Gasteiger partial charge on any atom is -0.293 e. The predicted molar refractivity (Wildman–Crippen MR) is 40.0 cm³/mol. The Hall–Kier alpha value is -1.19. The Bertz CT molecular complexity index is 233. The van der Waals surface area contributed by atoms with Gasteiger partial charge in [-0.05, 0) is 0 Å². The molecule has 1 atom stereocenters. The Kier molecular flexibility index (Phi) is 2.03. The summed E-state index contributed by atoms with van der Waals surface area (Å²) in [5.74, 6) is -0.321. The highest BCUT2D eigenvalue weighted by molar-refractivity contribution is 6.39. The van der Waals surface area contributed by atoms with Gasteiger partial charge in [-0.25, -0.2) is 5.43 Å². The SMILES string of the molecule is CC(=O)C1=NNC(=O)C(C)C1. The molecule has 1 rings (SSSR count). The number of hydrogen-bond donors (Lipinski definition) is 1. The predicted octanol–water partition coefficient (Wildman–Crippen LogP) is 0.0874. The summed E-state index contributed by atoms with van der Waals surface area (Å²) in [5.41, 5.74) is 2.75. The van der Waals surface area contributed by atoms with E-state index in [-0.39, 0.29) is 17.6 Å². The van der Waals surface area contributed by atoms with E-state index in [4.69, 9.17) is 0 Å². The maximum absolute atomic E-state index is 10.8. The molecule has 0 aliphatic carbocycles. The zero-order valence-corrected chi connectivity index (χ0v) is 6.55. The van der Waals surface area contributed by atoms with E-state index in [9.17, 15) is 9.59 Å². The molecule has 0 spiro atoms. The maximum atomic E-state index is 10.8. The number of hydrogen-bond acceptors (Lipinski definition) is 3. The van der Waals surface area contributed by atoms with E-state index in [1.807, 2.05) is 0 Å². The summed E-state index contributed by atoms with van der Waals surface area (Å²) in [7, 11) is 0. The molecule has 1 N–H and O–H groups in total. The van der Waals surface area contributed by atoms with Gasteiger partial charge in [-0.2, -0.15) is 5.10 Å². The fraction of sp³-hybridized carbons (Fsp3) is 0.571. The number of nitrogens with one attached hydrogen (secondary N) is 1. The number of carbonyl (C=O) groups is 2. The first-order valence-electron chi connectivity index (χ1n) is 3.48. The molecule has 0 fully saturated rings. The largest absolute Gasteiger partial charge is 0.293 e. The standard InChI is InChI=1S/C7H10N2O2/c1-4-3-6(5(2)10)8-9-7(4)11/h4H,3H2,1-2H3,(H,9,11). The van der Waals surface area contributed by atoms with Crippen LogP contribution in [0.4, 0.5) is 0 Å². The summed E-state index contributed by atoms with van der Waals surface area (Å²) in [6.45, 7) is 3.22. The van der Waals surface area contributed by atoms with Gasteiger partial charge < -0.3 is 0 Å². The van der Waals surface area contributed by atoms with Crippen molar-refractivity contribution >= 4 is 17.4 Å². The van der Waals surface area contributed by atoms with Crippen LogP contribution in [-0.4, -0.2) is 17.4 Å². The van der Waals surface area contributed by atoms with E-state index in [0.29, 0.717) is 12.1 Å². The molecule has 4 nitrogen and oxygen atoms in total. The lowest BCUT2D eigenvalue weighted by Crippen LogP contribution is -2.35. The molecule has 0 saturated carbocycles. The summed E-state index contributed by atoms with van der Waals surface area (Å²) in [6, 6.07) is 0. The van der Waals surface area contributed by atoms with E-state index >= 15 is 0 Å². The second-order valence-electron chi connectivity index (χ2n) is 2.70. The number of nitrogens with zero attached hydrogens (tertiary/aromatic N) is 1. The molecule has 0 bridgehead atoms. The number of carbonyl (C=O) groups excluding carboxylic acids is 2. The van der Waals surface area contributed by atoms with E-state index < -0.39 is 0 Å². The molecular weight excluding hydrogens is 144 g/mol. The third-order valence-electron chi connectivity index (χ3n) is 1.65. The van der Waals surface area contributed by atoms with Gasteiger partial charge in [-0.15, -0.1) is 0 Å². The summed E-state index contributed by atoms with van der Waals surface area (Å²) >= 11 is 0. The first-order valence-corrected chi connectivity index (χ1v) is 3.48. The van der Waals surface area contributed by atoms with Gasteiger partial charge in [-0.1, -0.05) is 6.92 Å². The van der Waals surface area contributed by atoms with Gasteiger partial charge in [-0.3, -0.25) is 9.59 Å². The van der Waals surface area contributed by atoms with Crippen LogP contribution < -0.4 is 5.43 Å². The van der Waals surface area contributed by atoms with Gasteiger partial charge in [0.1, 0.15) is 5.71 Å². The molecule has 60 valence electrons. The Morgan fingerprint density at radius 1 is 1.73 bits per heavy atom. The normalized spacial score (nSPS) is 24.0. The third kappa shape index (κ3) is 1.63. The molecule has 1 unspecified atom stereocenters. The van der Waals surface area contributed by atoms with Crippen LogP contribution in [0.3, 0.4) is 0 Å². The molecule has 0 radical (unpaired) electrons. The topological polar surface area (TPSA) is 58.5 Å². The minimum atomic E-state index is -0.133. The van der Waals surface area contributed by atoms with Crippen LogP contribution in [0.15, 0.2) is 5.10 Å². The van der Waals surface area contributed by atoms with Gasteiger partial charge in [0, 0.05) is 19.3 Å². The number of Topliss-reactive ketones (excluding diaryl/α,β-unsaturated/α-hetero) is 1. The van der Waals surface area contributed by atoms with E-state index in [1.165, 1.54) is 6.92 Å². The Morgan fingerprint density at radius 2 is 2.36 bits per heavy atom. The Labute approximate surface area is 64.7 Å². The van der Waals surface area contributed by atoms with Crippen molar-refractivity contribution in [3.63, 3.8) is 0 Å². The Balaban J connectivity index is 2.74. The average Bonchev–Trinajstić information content (AvgIpc) is 1.94. The second-order valence-corrected chi connectivity index (χ2v) is 2.70. The molecule has 11 heavy (non-hydrogen) atoms. The summed E-state index contributed by atoms with van der Waals surface area (Å²) < 4.78 is 0. The van der Waals surface area contributed by atoms with E-state index in [0.717, 1.165) is 0 Å². The molecule has 1 amide bonds. The van der Waals surface area contributed by atoms with Crippen molar-refractivity contribution in [3.05, 3.63) is 0 Å². The van der Waals surface area contributed by atoms with Crippen LogP contribution in [0.25, 0.3) is 0 Å². The van der Waals surface area contributed by atoms with Crippen molar-refractivity contribution in [2.24, 2.45) is 11.0 Å². The fourth-order valence-corrected chi connectivity index (χ4v) is 0.884. The van der Waals surface area contributed by atoms with Gasteiger partial charge in [0.05, 0.1) is 0 Å². The summed E-state index contributed by atoms with van der Waals surface area (Å²) in [5, 5.41) is 3.63. The highest BCUT2D eigenvalue weighted by Crippen LogP contribution is 2.08. The van der Waals surface area contributed by atoms with Crippen LogP contribution in [0.1, 0.15) is 20.3 Å². The highest BCUT2D eigenvalue weighted by Gasteiger charge is 2.22. The van der Waals surface area contributed by atoms with Crippen LogP contribution in [0, 0.1) is 5.92 Å². The van der Waals surface area contributed by atoms with Crippen molar-refractivity contribution < 1.29 is 9.59 Å². The van der Waals surface area contributed by atoms with Crippen molar-refractivity contribution in [1.82, 2.24) is 5.43 Å². The zero-order valence-electron chi connectivity index (χ0n) is 6.55. The molecule has 0 aromatic rings. The first-order chi connectivity index (χ1) is 5.11. The molecule has 4 heteroatoms. The van der Waals surface area contributed by atoms with Crippen LogP contribution in [0.5, 0.6) is 0 Å². The zero-order chi connectivity index (χ0) is 8.43. The van der Waals surface area contributed by atoms with Crippen molar-refractivity contribution in [3.8, 4) is 0 Å². The molecule has 1 aliphatic rings. The van der Waals surface area contributed by atoms with Crippen LogP contribution in [-0.2, 0) is 9.59 Å². The number of hydrazone groups is 1. The lowest BCUT2D eigenvalue weighted by Gasteiger charge is -2.15. The molecule has 0 aromatic heterocycles. The lowest BCUT2D eigenvalue weighted by atomic mass is 10.0. The highest BCUT2D eigenvalue weighted by atomic mass is 16.2. The first kappa shape index (κ1) is 7.91. The molecule has 1 aliphatic heterocycles. The third-order valence-corrected chi connectivity index (χ3v) is 1.65. The quantitative estimate of drug-likeness (QED) is 0.581. The second kappa shape index (κ2) is 2.82. The molecular formula is C7H10N2O2. The number of amides is 1. The summed E-state index contributed by atoms with van der Waals surface area (Å²) in [4.78, 5) is 21.6. The number of rotatable bonds is 1. The maximum Gasteiger partial charge on any atom is 0.243 e. The van der Waals surface area contributed by atoms with Gasteiger partial charge in [0.2, 0.25) is 5.91 Å². The van der Waals surface area contributed by atoms with E-state index in [1.54, 1.807) is 6.92 Å². The smallest absolute Gasteiger partial charge is 0.243 e. The molecule has 1 heterocycles. The lowest BCUT2D eigenvalue weighted by molar-refractivity contribution is -0.124. The van der Waals surface area contributed by atoms with Crippen molar-refractivity contribution in [1.29, 1.82) is 0 Å². The number of ketones is 1. The van der Waals surface area contributed by atoms with Crippen LogP contribution in [0.2, 0.25) is 0 Å². The molecule has 0 aromatic carbocycles. The van der Waals surface area contributed by atoms with Gasteiger partial charge in [0.25, 0.3) is 0 Å². The van der Waals surface area contributed by atoms with E-state index in [2.05, 4.69) is 10.5 Å². The molecule has 0 saturated heterocycles. The van der Waals surface area contributed by atoms with Gasteiger partial charge >= 0.3 is 0 Å². The summed E-state index contributed by atoms with van der Waals surface area (Å²) in [6.07, 6.45) is 0.459. The fourth-order valence-electron chi connectivity index (χ4n) is 0.884. The van der Waals surface area contributed by atoms with Gasteiger partial charge in [0.15, 0.2) is 5.78 Å².